The summed E-state index contributed by atoms with van der Waals surface area (Å²) in [5, 5.41) is 19.5. The Morgan fingerprint density at radius 1 is 0.743 bits per heavy atom. The lowest BCUT2D eigenvalue weighted by molar-refractivity contribution is 0.0682. The molecular weight excluding hydrogens is 580 g/mol. The first kappa shape index (κ1) is 28.9. The molecule has 0 bridgehead atoms. The molecule has 0 atom stereocenters. The van der Waals surface area contributed by atoms with Crippen LogP contribution in [0.15, 0.2) is 39.3 Å². The number of allylic oxidation sites excluding steroid dienone is 1. The molecular formula is C27H32Br2O6. The van der Waals surface area contributed by atoms with E-state index in [2.05, 4.69) is 38.8 Å². The normalized spacial score (nSPS) is 10.7. The van der Waals surface area contributed by atoms with Crippen LogP contribution in [0.4, 0.5) is 0 Å². The Kier molecular flexibility index (Phi) is 11.8. The van der Waals surface area contributed by atoms with Crippen molar-refractivity contribution in [2.24, 2.45) is 0 Å². The molecule has 0 aliphatic heterocycles. The molecule has 2 N–H and O–H groups in total. The minimum absolute atomic E-state index is 0.00567. The highest BCUT2D eigenvalue weighted by atomic mass is 79.9. The van der Waals surface area contributed by atoms with Crippen LogP contribution in [-0.2, 0) is 0 Å². The van der Waals surface area contributed by atoms with Gasteiger partial charge in [-0.25, -0.2) is 9.59 Å². The number of methoxy groups -OCH3 is 2. The third kappa shape index (κ3) is 7.84. The molecule has 0 radical (unpaired) electrons. The first-order valence-electron chi connectivity index (χ1n) is 11.7. The van der Waals surface area contributed by atoms with Crippen LogP contribution in [0, 0.1) is 0 Å². The van der Waals surface area contributed by atoms with E-state index in [1.54, 1.807) is 12.1 Å². The van der Waals surface area contributed by atoms with Crippen LogP contribution in [-0.4, -0.2) is 36.4 Å². The van der Waals surface area contributed by atoms with Crippen molar-refractivity contribution in [2.45, 2.75) is 58.3 Å². The molecule has 2 aromatic carbocycles. The van der Waals surface area contributed by atoms with E-state index in [0.29, 0.717) is 25.6 Å². The fourth-order valence-electron chi connectivity index (χ4n) is 4.06. The SMILES string of the molecule is CCCCCCCCCC=C(c1cc(Br)cc(C(=O)O)c1OC)c1cc(Br)cc(C(=O)O)c1OC. The minimum atomic E-state index is -1.12. The lowest BCUT2D eigenvalue weighted by Crippen LogP contribution is -2.07. The van der Waals surface area contributed by atoms with Gasteiger partial charge in [-0.2, -0.15) is 0 Å². The van der Waals surface area contributed by atoms with Crippen molar-refractivity contribution in [3.8, 4) is 11.5 Å². The van der Waals surface area contributed by atoms with Gasteiger partial charge in [-0.1, -0.05) is 83.4 Å². The van der Waals surface area contributed by atoms with Gasteiger partial charge in [0, 0.05) is 20.1 Å². The second-order valence-electron chi connectivity index (χ2n) is 8.21. The van der Waals surface area contributed by atoms with Crippen LogP contribution in [0.1, 0.15) is 90.1 Å². The first-order chi connectivity index (χ1) is 16.7. The van der Waals surface area contributed by atoms with E-state index in [1.165, 1.54) is 52.0 Å². The number of ether oxygens (including phenoxy) is 2. The van der Waals surface area contributed by atoms with Gasteiger partial charge in [-0.15, -0.1) is 0 Å². The van der Waals surface area contributed by atoms with Crippen molar-refractivity contribution >= 4 is 49.4 Å². The predicted molar refractivity (Wildman–Crippen MR) is 145 cm³/mol. The lowest BCUT2D eigenvalue weighted by Gasteiger charge is -2.19. The van der Waals surface area contributed by atoms with E-state index in [0.717, 1.165) is 25.7 Å². The number of rotatable bonds is 14. The van der Waals surface area contributed by atoms with Crippen molar-refractivity contribution in [2.75, 3.05) is 14.2 Å². The summed E-state index contributed by atoms with van der Waals surface area (Å²) in [6, 6.07) is 6.53. The van der Waals surface area contributed by atoms with Crippen molar-refractivity contribution < 1.29 is 29.3 Å². The Labute approximate surface area is 223 Å². The molecule has 0 spiro atoms. The number of carboxylic acid groups (broad SMARTS) is 2. The summed E-state index contributed by atoms with van der Waals surface area (Å²) in [5.41, 5.74) is 1.74. The van der Waals surface area contributed by atoms with Crippen LogP contribution in [0.3, 0.4) is 0 Å². The molecule has 2 aromatic rings. The number of benzene rings is 2. The second kappa shape index (κ2) is 14.3. The van der Waals surface area contributed by atoms with E-state index in [4.69, 9.17) is 9.47 Å². The molecule has 35 heavy (non-hydrogen) atoms. The van der Waals surface area contributed by atoms with Gasteiger partial charge in [0.2, 0.25) is 0 Å². The van der Waals surface area contributed by atoms with E-state index in [1.807, 2.05) is 6.08 Å². The number of aromatic carboxylic acids is 2. The van der Waals surface area contributed by atoms with Crippen molar-refractivity contribution in [1.29, 1.82) is 0 Å². The number of halogens is 2. The fraction of sp³-hybridized carbons (Fsp3) is 0.407. The van der Waals surface area contributed by atoms with Gasteiger partial charge in [-0.05, 0) is 42.7 Å². The largest absolute Gasteiger partial charge is 0.495 e. The van der Waals surface area contributed by atoms with Gasteiger partial charge >= 0.3 is 11.9 Å². The Bertz CT molecular complexity index is 1000. The first-order valence-corrected chi connectivity index (χ1v) is 13.3. The van der Waals surface area contributed by atoms with Gasteiger partial charge in [0.1, 0.15) is 22.6 Å². The average molecular weight is 612 g/mol. The maximum Gasteiger partial charge on any atom is 0.339 e. The van der Waals surface area contributed by atoms with Crippen LogP contribution in [0.25, 0.3) is 5.57 Å². The molecule has 0 aliphatic rings. The van der Waals surface area contributed by atoms with Crippen LogP contribution >= 0.6 is 31.9 Å². The maximum absolute atomic E-state index is 11.9. The topological polar surface area (TPSA) is 93.1 Å². The third-order valence-electron chi connectivity index (χ3n) is 5.71. The van der Waals surface area contributed by atoms with Crippen LogP contribution in [0.5, 0.6) is 11.5 Å². The van der Waals surface area contributed by atoms with Gasteiger partial charge in [-0.3, -0.25) is 0 Å². The summed E-state index contributed by atoms with van der Waals surface area (Å²) in [6.07, 6.45) is 10.9. The zero-order valence-corrected chi connectivity index (χ0v) is 23.5. The Morgan fingerprint density at radius 3 is 1.54 bits per heavy atom. The van der Waals surface area contributed by atoms with Crippen molar-refractivity contribution in [1.82, 2.24) is 0 Å². The molecule has 0 amide bonds. The number of unbranched alkanes of at least 4 members (excludes halogenated alkanes) is 7. The van der Waals surface area contributed by atoms with E-state index >= 15 is 0 Å². The molecule has 0 saturated heterocycles. The number of carboxylic acids is 2. The van der Waals surface area contributed by atoms with Gasteiger partial charge in [0.15, 0.2) is 0 Å². The molecule has 0 unspecified atom stereocenters. The van der Waals surface area contributed by atoms with E-state index < -0.39 is 11.9 Å². The van der Waals surface area contributed by atoms with Crippen LogP contribution in [0.2, 0.25) is 0 Å². The standard InChI is InChI=1S/C27H32Br2O6/c1-4-5-6-7-8-9-10-11-12-19(20-13-17(28)15-22(26(30)31)24(20)34-2)21-14-18(29)16-23(27(32)33)25(21)35-3/h12-16H,4-11H2,1-3H3,(H,30,31)(H,32,33). The maximum atomic E-state index is 11.9. The zero-order valence-electron chi connectivity index (χ0n) is 20.3. The minimum Gasteiger partial charge on any atom is -0.495 e. The Morgan fingerprint density at radius 2 is 1.14 bits per heavy atom. The Balaban J connectivity index is 2.61. The molecule has 6 nitrogen and oxygen atoms in total. The Hall–Kier alpha value is -2.32. The third-order valence-corrected chi connectivity index (χ3v) is 6.63. The van der Waals surface area contributed by atoms with E-state index in [-0.39, 0.29) is 22.6 Å². The number of hydrogen-bond acceptors (Lipinski definition) is 4. The molecule has 8 heteroatoms. The summed E-state index contributed by atoms with van der Waals surface area (Å²) in [6.45, 7) is 2.20. The molecule has 2 rings (SSSR count). The summed E-state index contributed by atoms with van der Waals surface area (Å²) in [4.78, 5) is 23.9. The molecule has 0 aromatic heterocycles. The molecule has 0 aliphatic carbocycles. The van der Waals surface area contributed by atoms with Crippen molar-refractivity contribution in [3.05, 3.63) is 61.5 Å². The van der Waals surface area contributed by atoms with Crippen LogP contribution < -0.4 is 9.47 Å². The van der Waals surface area contributed by atoms with E-state index in [9.17, 15) is 19.8 Å². The summed E-state index contributed by atoms with van der Waals surface area (Å²) >= 11 is 6.83. The summed E-state index contributed by atoms with van der Waals surface area (Å²) in [7, 11) is 2.85. The quantitative estimate of drug-likeness (QED) is 0.209. The fourth-order valence-corrected chi connectivity index (χ4v) is 4.97. The van der Waals surface area contributed by atoms with Gasteiger partial charge in [0.25, 0.3) is 0 Å². The summed E-state index contributed by atoms with van der Waals surface area (Å²) in [5.74, 6) is -1.85. The smallest absolute Gasteiger partial charge is 0.339 e. The monoisotopic (exact) mass is 610 g/mol. The van der Waals surface area contributed by atoms with Gasteiger partial charge in [0.05, 0.1) is 14.2 Å². The van der Waals surface area contributed by atoms with Gasteiger partial charge < -0.3 is 19.7 Å². The molecule has 0 heterocycles. The highest BCUT2D eigenvalue weighted by Crippen LogP contribution is 2.42. The zero-order chi connectivity index (χ0) is 26.0. The average Bonchev–Trinajstić information content (AvgIpc) is 2.82. The number of carbonyl (C=O) groups is 2. The molecule has 0 saturated carbocycles. The molecule has 190 valence electrons. The highest BCUT2D eigenvalue weighted by Gasteiger charge is 2.24. The second-order valence-corrected chi connectivity index (χ2v) is 10.0. The lowest BCUT2D eigenvalue weighted by atomic mass is 9.91. The predicted octanol–water partition coefficient (Wildman–Crippen LogP) is 8.20. The van der Waals surface area contributed by atoms with Crippen molar-refractivity contribution in [3.63, 3.8) is 0 Å². The summed E-state index contributed by atoms with van der Waals surface area (Å²) < 4.78 is 12.2. The number of hydrogen-bond donors (Lipinski definition) is 2. The molecule has 0 fully saturated rings. The highest BCUT2D eigenvalue weighted by molar-refractivity contribution is 9.10.